The molecule has 0 saturated heterocycles. The van der Waals surface area contributed by atoms with Crippen molar-refractivity contribution >= 4 is 16.1 Å². The zero-order chi connectivity index (χ0) is 17.5. The summed E-state index contributed by atoms with van der Waals surface area (Å²) >= 11 is 0. The standard InChI is InChI=1S/C9H7F3O5S/c10-9(11,12)18(15,16)17-7-4-2-1-3-6(7)5-8(13)14/h1-4H,5H2,(H,13,14)/i1D,2D,3D,4D. The highest BCUT2D eigenvalue weighted by molar-refractivity contribution is 7.88. The molecule has 1 aromatic carbocycles. The van der Waals surface area contributed by atoms with Crippen LogP contribution in [0.1, 0.15) is 11.0 Å². The Kier molecular flexibility index (Phi) is 2.48. The number of carboxylic acids is 1. The Hall–Kier alpha value is -1.77. The van der Waals surface area contributed by atoms with Gasteiger partial charge in [0.15, 0.2) is 0 Å². The summed E-state index contributed by atoms with van der Waals surface area (Å²) in [5, 5.41) is 8.65. The predicted octanol–water partition coefficient (Wildman–Crippen LogP) is 1.54. The minimum Gasteiger partial charge on any atom is -0.481 e. The summed E-state index contributed by atoms with van der Waals surface area (Å²) in [5.74, 6) is -3.05. The molecular formula is C9H7F3O5S. The van der Waals surface area contributed by atoms with Crippen LogP contribution in [0.2, 0.25) is 0 Å². The maximum absolute atomic E-state index is 12.3. The van der Waals surface area contributed by atoms with Gasteiger partial charge < -0.3 is 9.29 Å². The molecule has 0 aliphatic rings. The molecule has 1 aromatic rings. The van der Waals surface area contributed by atoms with Crippen LogP contribution in [0.25, 0.3) is 0 Å². The molecule has 18 heavy (non-hydrogen) atoms. The molecule has 0 aromatic heterocycles. The number of aliphatic carboxylic acids is 1. The van der Waals surface area contributed by atoms with Crippen molar-refractivity contribution in [3.8, 4) is 5.75 Å². The van der Waals surface area contributed by atoms with Crippen molar-refractivity contribution < 1.29 is 41.2 Å². The fourth-order valence-corrected chi connectivity index (χ4v) is 1.29. The minimum absolute atomic E-state index is 0.911. The van der Waals surface area contributed by atoms with E-state index in [-0.39, 0.29) is 0 Å². The van der Waals surface area contributed by atoms with Crippen molar-refractivity contribution in [2.75, 3.05) is 0 Å². The van der Waals surface area contributed by atoms with Crippen LogP contribution < -0.4 is 4.18 Å². The Balaban J connectivity index is 3.62. The number of hydrogen-bond donors (Lipinski definition) is 1. The number of rotatable bonds is 4. The fourth-order valence-electron chi connectivity index (χ4n) is 0.831. The van der Waals surface area contributed by atoms with Crippen LogP contribution in [0.3, 0.4) is 0 Å². The number of alkyl halides is 3. The maximum atomic E-state index is 12.3. The predicted molar refractivity (Wildman–Crippen MR) is 53.4 cm³/mol. The van der Waals surface area contributed by atoms with E-state index in [1.807, 2.05) is 0 Å². The smallest absolute Gasteiger partial charge is 0.481 e. The SMILES string of the molecule is [2H]c1c([2H])c([2H])c(OS(=O)(=O)C(F)(F)F)c(CC(=O)O)c1[2H]. The van der Waals surface area contributed by atoms with Gasteiger partial charge in [-0.2, -0.15) is 21.6 Å². The molecule has 0 spiro atoms. The number of carbonyl (C=O) groups is 1. The summed E-state index contributed by atoms with van der Waals surface area (Å²) in [6, 6.07) is -4.23. The average molecular weight is 288 g/mol. The van der Waals surface area contributed by atoms with Gasteiger partial charge in [0.1, 0.15) is 5.75 Å². The topological polar surface area (TPSA) is 80.7 Å². The summed E-state index contributed by atoms with van der Waals surface area (Å²) in [7, 11) is -6.22. The zero-order valence-electron chi connectivity index (χ0n) is 12.3. The van der Waals surface area contributed by atoms with Gasteiger partial charge in [0, 0.05) is 5.56 Å². The van der Waals surface area contributed by atoms with Crippen molar-refractivity contribution in [3.05, 3.63) is 29.7 Å². The van der Waals surface area contributed by atoms with E-state index in [1.54, 1.807) is 0 Å². The van der Waals surface area contributed by atoms with E-state index in [2.05, 4.69) is 4.18 Å². The first-order valence-corrected chi connectivity index (χ1v) is 5.52. The van der Waals surface area contributed by atoms with Crippen LogP contribution in [-0.2, 0) is 21.3 Å². The maximum Gasteiger partial charge on any atom is 0.534 e. The molecule has 0 atom stereocenters. The number of para-hydroxylation sites is 1. The second kappa shape index (κ2) is 4.84. The van der Waals surface area contributed by atoms with Crippen molar-refractivity contribution in [1.82, 2.24) is 0 Å². The molecule has 0 aliphatic heterocycles. The molecule has 1 rings (SSSR count). The molecule has 0 aliphatic carbocycles. The van der Waals surface area contributed by atoms with Gasteiger partial charge in [-0.15, -0.1) is 0 Å². The molecule has 0 radical (unpaired) electrons. The van der Waals surface area contributed by atoms with Crippen molar-refractivity contribution in [1.29, 1.82) is 0 Å². The molecule has 0 unspecified atom stereocenters. The van der Waals surface area contributed by atoms with E-state index < -0.39 is 63.5 Å². The molecule has 100 valence electrons. The molecule has 9 heteroatoms. The molecule has 0 heterocycles. The molecular weight excluding hydrogens is 277 g/mol. The van der Waals surface area contributed by atoms with Gasteiger partial charge in [-0.05, 0) is 6.04 Å². The van der Waals surface area contributed by atoms with Gasteiger partial charge in [0.25, 0.3) is 0 Å². The summed E-state index contributed by atoms with van der Waals surface area (Å²) in [6.07, 6.45) is -1.15. The number of carboxylic acid groups (broad SMARTS) is 1. The third-order valence-corrected chi connectivity index (χ3v) is 2.48. The van der Waals surface area contributed by atoms with Crippen LogP contribution in [0.4, 0.5) is 13.2 Å². The Morgan fingerprint density at radius 2 is 1.94 bits per heavy atom. The summed E-state index contributed by atoms with van der Waals surface area (Å²) in [6.45, 7) is 0. The minimum atomic E-state index is -6.22. The lowest BCUT2D eigenvalue weighted by molar-refractivity contribution is -0.136. The van der Waals surface area contributed by atoms with E-state index >= 15 is 0 Å². The van der Waals surface area contributed by atoms with E-state index in [1.165, 1.54) is 0 Å². The Bertz CT molecular complexity index is 732. The molecule has 5 nitrogen and oxygen atoms in total. The van der Waals surface area contributed by atoms with Crippen LogP contribution in [0, 0.1) is 0 Å². The van der Waals surface area contributed by atoms with Crippen molar-refractivity contribution in [2.24, 2.45) is 0 Å². The van der Waals surface area contributed by atoms with Gasteiger partial charge in [-0.3, -0.25) is 4.79 Å². The third kappa shape index (κ3) is 3.36. The Morgan fingerprint density at radius 1 is 1.39 bits per heavy atom. The quantitative estimate of drug-likeness (QED) is 0.671. The molecule has 0 fully saturated rings. The lowest BCUT2D eigenvalue weighted by Gasteiger charge is -2.11. The highest BCUT2D eigenvalue weighted by atomic mass is 32.2. The first-order chi connectivity index (χ1) is 9.79. The van der Waals surface area contributed by atoms with Crippen molar-refractivity contribution in [2.45, 2.75) is 11.9 Å². The highest BCUT2D eigenvalue weighted by Crippen LogP contribution is 2.28. The molecule has 1 N–H and O–H groups in total. The second-order valence-electron chi connectivity index (χ2n) is 2.86. The first-order valence-electron chi connectivity index (χ1n) is 6.11. The molecule has 0 amide bonds. The van der Waals surface area contributed by atoms with Crippen molar-refractivity contribution in [3.63, 3.8) is 0 Å². The Labute approximate surface area is 106 Å². The van der Waals surface area contributed by atoms with Crippen LogP contribution in [0.15, 0.2) is 24.2 Å². The van der Waals surface area contributed by atoms with Crippen LogP contribution in [0.5, 0.6) is 5.75 Å². The summed E-state index contributed by atoms with van der Waals surface area (Å²) < 4.78 is 91.9. The van der Waals surface area contributed by atoms with Gasteiger partial charge in [0.2, 0.25) is 0 Å². The average Bonchev–Trinajstić information content (AvgIpc) is 2.36. The van der Waals surface area contributed by atoms with Gasteiger partial charge in [-0.25, -0.2) is 0 Å². The molecule has 0 bridgehead atoms. The highest BCUT2D eigenvalue weighted by Gasteiger charge is 2.48. The van der Waals surface area contributed by atoms with E-state index in [0.29, 0.717) is 0 Å². The van der Waals surface area contributed by atoms with Gasteiger partial charge in [-0.1, -0.05) is 18.1 Å². The summed E-state index contributed by atoms with van der Waals surface area (Å²) in [5.41, 5.74) is -6.75. The number of hydrogen-bond acceptors (Lipinski definition) is 4. The van der Waals surface area contributed by atoms with Crippen LogP contribution in [-0.4, -0.2) is 25.0 Å². The second-order valence-corrected chi connectivity index (χ2v) is 4.40. The number of benzene rings is 1. The van der Waals surface area contributed by atoms with Gasteiger partial charge >= 0.3 is 21.6 Å². The lowest BCUT2D eigenvalue weighted by atomic mass is 10.1. The lowest BCUT2D eigenvalue weighted by Crippen LogP contribution is -2.28. The van der Waals surface area contributed by atoms with E-state index in [0.717, 1.165) is 0 Å². The van der Waals surface area contributed by atoms with E-state index in [9.17, 15) is 26.4 Å². The monoisotopic (exact) mass is 288 g/mol. The third-order valence-electron chi connectivity index (χ3n) is 1.53. The van der Waals surface area contributed by atoms with Crippen LogP contribution >= 0.6 is 0 Å². The summed E-state index contributed by atoms with van der Waals surface area (Å²) in [4.78, 5) is 10.7. The van der Waals surface area contributed by atoms with Gasteiger partial charge in [0.05, 0.1) is 11.9 Å². The normalized spacial score (nSPS) is 15.3. The zero-order valence-corrected chi connectivity index (χ0v) is 9.15. The number of halogens is 3. The first kappa shape index (κ1) is 9.20. The Morgan fingerprint density at radius 3 is 2.44 bits per heavy atom. The molecule has 0 saturated carbocycles. The van der Waals surface area contributed by atoms with E-state index in [4.69, 9.17) is 10.6 Å². The fraction of sp³-hybridized carbons (Fsp3) is 0.222. The largest absolute Gasteiger partial charge is 0.534 e.